The first-order chi connectivity index (χ1) is 7.11. The van der Waals surface area contributed by atoms with E-state index in [9.17, 15) is 4.79 Å². The van der Waals surface area contributed by atoms with Gasteiger partial charge in [-0.25, -0.2) is 0 Å². The summed E-state index contributed by atoms with van der Waals surface area (Å²) in [5.41, 5.74) is 1.67. The van der Waals surface area contributed by atoms with Crippen molar-refractivity contribution in [1.29, 1.82) is 0 Å². The number of hydrogen-bond acceptors (Lipinski definition) is 3. The number of aliphatic imine (C=N–C) groups is 1. The normalized spacial score (nSPS) is 11.3. The van der Waals surface area contributed by atoms with Gasteiger partial charge < -0.3 is 4.74 Å². The molecule has 0 unspecified atom stereocenters. The molecular formula is C12H15NO2. The van der Waals surface area contributed by atoms with Gasteiger partial charge in [0.05, 0.1) is 12.8 Å². The van der Waals surface area contributed by atoms with Gasteiger partial charge in [0.2, 0.25) is 0 Å². The molecule has 0 spiro atoms. The van der Waals surface area contributed by atoms with E-state index in [4.69, 9.17) is 4.74 Å². The van der Waals surface area contributed by atoms with Crippen molar-refractivity contribution in [3.05, 3.63) is 24.3 Å². The number of ether oxygens (including phenoxy) is 1. The molecule has 0 radical (unpaired) electrons. The molecule has 1 aromatic carbocycles. The highest BCUT2D eigenvalue weighted by molar-refractivity contribution is 6.00. The van der Waals surface area contributed by atoms with Crippen molar-refractivity contribution in [3.8, 4) is 5.75 Å². The predicted octanol–water partition coefficient (Wildman–Crippen LogP) is 2.77. The third-order valence-electron chi connectivity index (χ3n) is 1.90. The second kappa shape index (κ2) is 5.29. The van der Waals surface area contributed by atoms with Gasteiger partial charge in [0, 0.05) is 12.1 Å². The molecular weight excluding hydrogens is 190 g/mol. The monoisotopic (exact) mass is 205 g/mol. The Morgan fingerprint density at radius 1 is 1.27 bits per heavy atom. The Labute approximate surface area is 89.8 Å². The third kappa shape index (κ3) is 3.94. The Kier molecular flexibility index (Phi) is 4.03. The Morgan fingerprint density at radius 2 is 1.87 bits per heavy atom. The smallest absolute Gasteiger partial charge is 0.135 e. The first-order valence-corrected chi connectivity index (χ1v) is 4.79. The van der Waals surface area contributed by atoms with E-state index in [1.807, 2.05) is 31.2 Å². The molecule has 3 heteroatoms. The largest absolute Gasteiger partial charge is 0.497 e. The number of Topliss-reactive ketones (excluding diaryl/α,β-unsaturated/α-hetero) is 1. The van der Waals surface area contributed by atoms with E-state index in [1.54, 1.807) is 14.0 Å². The maximum absolute atomic E-state index is 10.8. The molecule has 3 nitrogen and oxygen atoms in total. The van der Waals surface area contributed by atoms with Crippen LogP contribution in [0.2, 0.25) is 0 Å². The number of carbonyl (C=O) groups is 1. The fourth-order valence-electron chi connectivity index (χ4n) is 1.28. The summed E-state index contributed by atoms with van der Waals surface area (Å²) in [6.07, 6.45) is 0.409. The molecule has 15 heavy (non-hydrogen) atoms. The lowest BCUT2D eigenvalue weighted by molar-refractivity contribution is -0.115. The number of methoxy groups -OCH3 is 1. The Bertz CT molecular complexity index is 366. The summed E-state index contributed by atoms with van der Waals surface area (Å²) < 4.78 is 5.04. The quantitative estimate of drug-likeness (QED) is 0.709. The number of ketones is 1. The third-order valence-corrected chi connectivity index (χ3v) is 1.90. The van der Waals surface area contributed by atoms with Gasteiger partial charge in [0.25, 0.3) is 0 Å². The molecule has 1 aromatic rings. The lowest BCUT2D eigenvalue weighted by Gasteiger charge is -2.00. The molecule has 0 N–H and O–H groups in total. The lowest BCUT2D eigenvalue weighted by atomic mass is 10.2. The van der Waals surface area contributed by atoms with E-state index in [0.717, 1.165) is 17.1 Å². The standard InChI is InChI=1S/C12H15NO2/c1-9(8-10(2)14)13-11-4-6-12(15-3)7-5-11/h4-7H,8H2,1-3H3. The van der Waals surface area contributed by atoms with Crippen LogP contribution in [-0.2, 0) is 4.79 Å². The van der Waals surface area contributed by atoms with Gasteiger partial charge >= 0.3 is 0 Å². The second-order valence-electron chi connectivity index (χ2n) is 3.42. The molecule has 0 fully saturated rings. The average Bonchev–Trinajstić information content (AvgIpc) is 2.17. The lowest BCUT2D eigenvalue weighted by Crippen LogP contribution is -1.98. The van der Waals surface area contributed by atoms with Crippen LogP contribution in [0.5, 0.6) is 5.75 Å². The fourth-order valence-corrected chi connectivity index (χ4v) is 1.28. The van der Waals surface area contributed by atoms with Gasteiger partial charge in [-0.2, -0.15) is 0 Å². The summed E-state index contributed by atoms with van der Waals surface area (Å²) in [5.74, 6) is 0.933. The first-order valence-electron chi connectivity index (χ1n) is 4.79. The van der Waals surface area contributed by atoms with Crippen LogP contribution in [0, 0.1) is 0 Å². The SMILES string of the molecule is COc1ccc(N=C(C)CC(C)=O)cc1. The number of carbonyl (C=O) groups excluding carboxylic acids is 1. The fraction of sp³-hybridized carbons (Fsp3) is 0.333. The average molecular weight is 205 g/mol. The molecule has 0 aliphatic rings. The zero-order valence-corrected chi connectivity index (χ0v) is 9.28. The molecule has 0 amide bonds. The number of benzene rings is 1. The summed E-state index contributed by atoms with van der Waals surface area (Å²) >= 11 is 0. The molecule has 0 saturated carbocycles. The van der Waals surface area contributed by atoms with Crippen LogP contribution in [0.25, 0.3) is 0 Å². The molecule has 0 aliphatic carbocycles. The predicted molar refractivity (Wildman–Crippen MR) is 61.1 cm³/mol. The molecule has 0 heterocycles. The molecule has 1 rings (SSSR count). The van der Waals surface area contributed by atoms with Crippen LogP contribution in [0.3, 0.4) is 0 Å². The maximum atomic E-state index is 10.8. The van der Waals surface area contributed by atoms with Crippen LogP contribution in [0.1, 0.15) is 20.3 Å². The summed E-state index contributed by atoms with van der Waals surface area (Å²) in [4.78, 5) is 15.2. The number of hydrogen-bond donors (Lipinski definition) is 0. The molecule has 0 saturated heterocycles. The zero-order valence-electron chi connectivity index (χ0n) is 9.28. The molecule has 80 valence electrons. The number of nitrogens with zero attached hydrogens (tertiary/aromatic N) is 1. The van der Waals surface area contributed by atoms with Gasteiger partial charge in [0.1, 0.15) is 11.5 Å². The minimum absolute atomic E-state index is 0.129. The van der Waals surface area contributed by atoms with E-state index in [-0.39, 0.29) is 5.78 Å². The van der Waals surface area contributed by atoms with Crippen molar-refractivity contribution in [3.63, 3.8) is 0 Å². The second-order valence-corrected chi connectivity index (χ2v) is 3.42. The van der Waals surface area contributed by atoms with E-state index >= 15 is 0 Å². The van der Waals surface area contributed by atoms with Gasteiger partial charge in [-0.05, 0) is 38.1 Å². The summed E-state index contributed by atoms with van der Waals surface area (Å²) in [6, 6.07) is 7.42. The zero-order chi connectivity index (χ0) is 11.3. The van der Waals surface area contributed by atoms with Crippen molar-refractivity contribution in [2.45, 2.75) is 20.3 Å². The number of rotatable bonds is 4. The van der Waals surface area contributed by atoms with E-state index in [0.29, 0.717) is 6.42 Å². The maximum Gasteiger partial charge on any atom is 0.135 e. The van der Waals surface area contributed by atoms with Crippen LogP contribution < -0.4 is 4.74 Å². The Balaban J connectivity index is 2.75. The highest BCUT2D eigenvalue weighted by Gasteiger charge is 1.97. The minimum atomic E-state index is 0.129. The van der Waals surface area contributed by atoms with Gasteiger partial charge in [0.15, 0.2) is 0 Å². The molecule has 0 aliphatic heterocycles. The van der Waals surface area contributed by atoms with Crippen molar-refractivity contribution in [2.75, 3.05) is 7.11 Å². The molecule has 0 aromatic heterocycles. The molecule has 0 atom stereocenters. The first kappa shape index (κ1) is 11.4. The van der Waals surface area contributed by atoms with E-state index in [1.165, 1.54) is 0 Å². The van der Waals surface area contributed by atoms with Gasteiger partial charge in [-0.15, -0.1) is 0 Å². The van der Waals surface area contributed by atoms with Crippen LogP contribution in [0.4, 0.5) is 5.69 Å². The van der Waals surface area contributed by atoms with Crippen LogP contribution >= 0.6 is 0 Å². The Morgan fingerprint density at radius 3 is 2.33 bits per heavy atom. The highest BCUT2D eigenvalue weighted by Crippen LogP contribution is 2.18. The van der Waals surface area contributed by atoms with Crippen molar-refractivity contribution in [1.82, 2.24) is 0 Å². The van der Waals surface area contributed by atoms with Crippen molar-refractivity contribution < 1.29 is 9.53 Å². The van der Waals surface area contributed by atoms with Crippen LogP contribution in [0.15, 0.2) is 29.3 Å². The summed E-state index contributed by atoms with van der Waals surface area (Å²) in [6.45, 7) is 3.42. The van der Waals surface area contributed by atoms with Gasteiger partial charge in [-0.3, -0.25) is 9.79 Å². The van der Waals surface area contributed by atoms with Gasteiger partial charge in [-0.1, -0.05) is 0 Å². The minimum Gasteiger partial charge on any atom is -0.497 e. The van der Waals surface area contributed by atoms with Crippen molar-refractivity contribution >= 4 is 17.2 Å². The van der Waals surface area contributed by atoms with Crippen LogP contribution in [-0.4, -0.2) is 18.6 Å². The summed E-state index contributed by atoms with van der Waals surface area (Å²) in [7, 11) is 1.62. The Hall–Kier alpha value is -1.64. The van der Waals surface area contributed by atoms with Crippen molar-refractivity contribution in [2.24, 2.45) is 4.99 Å². The van der Waals surface area contributed by atoms with E-state index < -0.39 is 0 Å². The topological polar surface area (TPSA) is 38.7 Å². The highest BCUT2D eigenvalue weighted by atomic mass is 16.5. The summed E-state index contributed by atoms with van der Waals surface area (Å²) in [5, 5.41) is 0. The molecule has 0 bridgehead atoms. The van der Waals surface area contributed by atoms with E-state index in [2.05, 4.69) is 4.99 Å².